The Morgan fingerprint density at radius 1 is 1.00 bits per heavy atom. The summed E-state index contributed by atoms with van der Waals surface area (Å²) < 4.78 is 5.47. The van der Waals surface area contributed by atoms with Crippen LogP contribution in [0.3, 0.4) is 0 Å². The lowest BCUT2D eigenvalue weighted by atomic mass is 10.1. The maximum absolute atomic E-state index is 7.49. The van der Waals surface area contributed by atoms with Gasteiger partial charge in [0.2, 0.25) is 0 Å². The van der Waals surface area contributed by atoms with Crippen molar-refractivity contribution in [3.05, 3.63) is 66.0 Å². The summed E-state index contributed by atoms with van der Waals surface area (Å²) in [7, 11) is 0. The van der Waals surface area contributed by atoms with Gasteiger partial charge in [-0.15, -0.1) is 0 Å². The molecule has 1 aliphatic rings. The van der Waals surface area contributed by atoms with Gasteiger partial charge in [0.05, 0.1) is 11.4 Å². The molecule has 3 nitrogen and oxygen atoms in total. The lowest BCUT2D eigenvalue weighted by molar-refractivity contribution is 0.262. The molecule has 0 radical (unpaired) electrons. The number of allylic oxidation sites excluding steroid dienone is 3. The van der Waals surface area contributed by atoms with Crippen LogP contribution in [0, 0.1) is 10.8 Å². The average molecular weight is 238 g/mol. The zero-order valence-electron chi connectivity index (χ0n) is 9.89. The van der Waals surface area contributed by atoms with Gasteiger partial charge in [-0.1, -0.05) is 36.4 Å². The van der Waals surface area contributed by atoms with Crippen molar-refractivity contribution in [1.29, 1.82) is 10.8 Å². The second-order valence-corrected chi connectivity index (χ2v) is 3.83. The minimum Gasteiger partial charge on any atom is -0.489 e. The molecule has 18 heavy (non-hydrogen) atoms. The van der Waals surface area contributed by atoms with Gasteiger partial charge in [-0.3, -0.25) is 10.8 Å². The molecule has 0 saturated heterocycles. The number of rotatable bonds is 4. The van der Waals surface area contributed by atoms with E-state index in [-0.39, 0.29) is 11.4 Å². The number of benzene rings is 1. The van der Waals surface area contributed by atoms with Crippen molar-refractivity contribution in [3.8, 4) is 0 Å². The van der Waals surface area contributed by atoms with E-state index in [4.69, 9.17) is 15.6 Å². The molecule has 0 heterocycles. The molecular weight excluding hydrogens is 224 g/mol. The summed E-state index contributed by atoms with van der Waals surface area (Å²) in [4.78, 5) is 0. The molecule has 0 amide bonds. The van der Waals surface area contributed by atoms with Crippen molar-refractivity contribution in [2.45, 2.75) is 0 Å². The molecule has 1 aromatic rings. The van der Waals surface area contributed by atoms with Crippen LogP contribution in [0.4, 0.5) is 0 Å². The lowest BCUT2D eigenvalue weighted by Crippen LogP contribution is -2.11. The van der Waals surface area contributed by atoms with Crippen LogP contribution in [-0.4, -0.2) is 18.0 Å². The summed E-state index contributed by atoms with van der Waals surface area (Å²) in [6, 6.07) is 9.99. The van der Waals surface area contributed by atoms with Crippen molar-refractivity contribution in [2.75, 3.05) is 6.61 Å². The number of hydrogen-bond donors (Lipinski definition) is 2. The Kier molecular flexibility index (Phi) is 3.86. The van der Waals surface area contributed by atoms with Crippen LogP contribution >= 0.6 is 0 Å². The average Bonchev–Trinajstić information content (AvgIpc) is 2.40. The van der Waals surface area contributed by atoms with Crippen LogP contribution in [0.25, 0.3) is 6.08 Å². The van der Waals surface area contributed by atoms with Gasteiger partial charge in [0.25, 0.3) is 0 Å². The largest absolute Gasteiger partial charge is 0.489 e. The van der Waals surface area contributed by atoms with Crippen LogP contribution in [0.15, 0.2) is 60.4 Å². The Labute approximate surface area is 106 Å². The van der Waals surface area contributed by atoms with Crippen molar-refractivity contribution >= 4 is 17.5 Å². The van der Waals surface area contributed by atoms with Gasteiger partial charge in [0, 0.05) is 6.08 Å². The van der Waals surface area contributed by atoms with Crippen molar-refractivity contribution in [1.82, 2.24) is 0 Å². The fraction of sp³-hybridized carbons (Fsp3) is 0.0667. The first-order valence-corrected chi connectivity index (χ1v) is 5.67. The van der Waals surface area contributed by atoms with Gasteiger partial charge < -0.3 is 4.74 Å². The first-order chi connectivity index (χ1) is 8.75. The van der Waals surface area contributed by atoms with E-state index in [1.54, 1.807) is 18.2 Å². The molecule has 0 bridgehead atoms. The summed E-state index contributed by atoms with van der Waals surface area (Å²) in [5, 5.41) is 14.9. The highest BCUT2D eigenvalue weighted by molar-refractivity contribution is 6.48. The summed E-state index contributed by atoms with van der Waals surface area (Å²) in [5.74, 6) is 0.619. The van der Waals surface area contributed by atoms with E-state index in [0.717, 1.165) is 5.56 Å². The van der Waals surface area contributed by atoms with E-state index in [2.05, 4.69) is 0 Å². The predicted octanol–water partition coefficient (Wildman–Crippen LogP) is 3.21. The molecule has 2 N–H and O–H groups in total. The fourth-order valence-corrected chi connectivity index (χ4v) is 1.51. The Hall–Kier alpha value is -2.42. The number of nitrogens with one attached hydrogen (secondary N) is 2. The van der Waals surface area contributed by atoms with Crippen molar-refractivity contribution in [3.63, 3.8) is 0 Å². The molecule has 0 aromatic heterocycles. The normalized spacial score (nSPS) is 15.0. The molecule has 0 fully saturated rings. The minimum atomic E-state index is 0.180. The summed E-state index contributed by atoms with van der Waals surface area (Å²) in [6.45, 7) is 0.450. The van der Waals surface area contributed by atoms with Gasteiger partial charge >= 0.3 is 0 Å². The highest BCUT2D eigenvalue weighted by Crippen LogP contribution is 2.07. The van der Waals surface area contributed by atoms with Gasteiger partial charge in [-0.25, -0.2) is 0 Å². The molecule has 90 valence electrons. The van der Waals surface area contributed by atoms with Gasteiger partial charge in [0.1, 0.15) is 12.4 Å². The monoisotopic (exact) mass is 238 g/mol. The van der Waals surface area contributed by atoms with Gasteiger partial charge in [0.15, 0.2) is 0 Å². The molecule has 1 aromatic carbocycles. The Bertz CT molecular complexity index is 539. The zero-order valence-corrected chi connectivity index (χ0v) is 9.89. The van der Waals surface area contributed by atoms with Crippen molar-refractivity contribution in [2.24, 2.45) is 0 Å². The standard InChI is InChI=1S/C15H14N2O/c16-14-9-8-13(11-15(14)17)18-10-4-7-12-5-2-1-3-6-12/h1-9,11,16-17H,10H2/b7-4+,16-14?,17-15?. The molecule has 0 spiro atoms. The molecule has 0 aliphatic heterocycles. The van der Waals surface area contributed by atoms with Gasteiger partial charge in [-0.05, 0) is 23.8 Å². The van der Waals surface area contributed by atoms with Crippen LogP contribution in [0.1, 0.15) is 5.56 Å². The smallest absolute Gasteiger partial charge is 0.122 e. The minimum absolute atomic E-state index is 0.180. The SMILES string of the molecule is N=C1C=CC(OC/C=C/c2ccccc2)=CC1=N. The highest BCUT2D eigenvalue weighted by atomic mass is 16.5. The second-order valence-electron chi connectivity index (χ2n) is 3.83. The molecule has 0 atom stereocenters. The third-order valence-corrected chi connectivity index (χ3v) is 2.45. The summed E-state index contributed by atoms with van der Waals surface area (Å²) >= 11 is 0. The van der Waals surface area contributed by atoms with Crippen molar-refractivity contribution < 1.29 is 4.74 Å². The third-order valence-electron chi connectivity index (χ3n) is 2.45. The quantitative estimate of drug-likeness (QED) is 0.777. The third kappa shape index (κ3) is 3.28. The van der Waals surface area contributed by atoms with Crippen LogP contribution in [0.5, 0.6) is 0 Å². The number of ether oxygens (including phenoxy) is 1. The zero-order chi connectivity index (χ0) is 12.8. The van der Waals surface area contributed by atoms with Crippen LogP contribution < -0.4 is 0 Å². The van der Waals surface area contributed by atoms with Crippen LogP contribution in [0.2, 0.25) is 0 Å². The Morgan fingerprint density at radius 3 is 2.50 bits per heavy atom. The first-order valence-electron chi connectivity index (χ1n) is 5.67. The topological polar surface area (TPSA) is 56.9 Å². The molecule has 1 aliphatic carbocycles. The maximum atomic E-state index is 7.49. The van der Waals surface area contributed by atoms with E-state index in [1.807, 2.05) is 42.5 Å². The molecular formula is C15H14N2O. The second kappa shape index (κ2) is 5.77. The summed E-state index contributed by atoms with van der Waals surface area (Å²) in [5.41, 5.74) is 1.52. The molecule has 0 saturated carbocycles. The Balaban J connectivity index is 1.85. The van der Waals surface area contributed by atoms with E-state index >= 15 is 0 Å². The van der Waals surface area contributed by atoms with E-state index < -0.39 is 0 Å². The maximum Gasteiger partial charge on any atom is 0.122 e. The van der Waals surface area contributed by atoms with E-state index in [9.17, 15) is 0 Å². The summed E-state index contributed by atoms with van der Waals surface area (Å²) in [6.07, 6.45) is 8.74. The molecule has 0 unspecified atom stereocenters. The predicted molar refractivity (Wildman–Crippen MR) is 74.1 cm³/mol. The number of hydrogen-bond acceptors (Lipinski definition) is 3. The van der Waals surface area contributed by atoms with E-state index in [1.165, 1.54) is 0 Å². The van der Waals surface area contributed by atoms with Gasteiger partial charge in [-0.2, -0.15) is 0 Å². The molecule has 3 heteroatoms. The lowest BCUT2D eigenvalue weighted by Gasteiger charge is -2.08. The first kappa shape index (κ1) is 12.0. The Morgan fingerprint density at radius 2 is 1.78 bits per heavy atom. The highest BCUT2D eigenvalue weighted by Gasteiger charge is 2.06. The fourth-order valence-electron chi connectivity index (χ4n) is 1.51. The van der Waals surface area contributed by atoms with Crippen LogP contribution in [-0.2, 0) is 4.74 Å². The molecule has 2 rings (SSSR count). The van der Waals surface area contributed by atoms with E-state index in [0.29, 0.717) is 12.4 Å².